The Labute approximate surface area is 126 Å². The van der Waals surface area contributed by atoms with E-state index < -0.39 is 0 Å². The molecule has 118 valence electrons. The summed E-state index contributed by atoms with van der Waals surface area (Å²) < 4.78 is 19.0. The highest BCUT2D eigenvalue weighted by atomic mass is 19.1. The summed E-state index contributed by atoms with van der Waals surface area (Å²) in [6, 6.07) is 4.64. The Morgan fingerprint density at radius 1 is 1.38 bits per heavy atom. The van der Waals surface area contributed by atoms with Crippen molar-refractivity contribution in [2.45, 2.75) is 39.8 Å². The first-order chi connectivity index (χ1) is 9.93. The van der Waals surface area contributed by atoms with Crippen LogP contribution in [0.3, 0.4) is 0 Å². The Morgan fingerprint density at radius 2 is 2.10 bits per heavy atom. The number of halogens is 1. The number of amides is 1. The van der Waals surface area contributed by atoms with E-state index in [1.807, 2.05) is 13.8 Å². The van der Waals surface area contributed by atoms with Gasteiger partial charge in [0.25, 0.3) is 5.91 Å². The minimum absolute atomic E-state index is 0.0834. The number of carbonyl (C=O) groups is 1. The molecule has 0 atom stereocenters. The molecule has 0 heterocycles. The van der Waals surface area contributed by atoms with Crippen molar-refractivity contribution in [3.63, 3.8) is 0 Å². The van der Waals surface area contributed by atoms with E-state index in [9.17, 15) is 9.18 Å². The van der Waals surface area contributed by atoms with Gasteiger partial charge in [0.1, 0.15) is 11.6 Å². The van der Waals surface area contributed by atoms with E-state index in [1.54, 1.807) is 18.0 Å². The van der Waals surface area contributed by atoms with Gasteiger partial charge >= 0.3 is 0 Å². The molecule has 1 N–H and O–H groups in total. The maximum absolute atomic E-state index is 13.5. The van der Waals surface area contributed by atoms with Crippen LogP contribution in [0.2, 0.25) is 0 Å². The highest BCUT2D eigenvalue weighted by Gasteiger charge is 2.12. The lowest BCUT2D eigenvalue weighted by Crippen LogP contribution is -2.36. The molecule has 1 aromatic rings. The van der Waals surface area contributed by atoms with Gasteiger partial charge in [0.05, 0.1) is 0 Å². The molecule has 1 aromatic carbocycles. The molecule has 0 saturated carbocycles. The Hall–Kier alpha value is -1.62. The van der Waals surface area contributed by atoms with E-state index in [0.717, 1.165) is 18.5 Å². The van der Waals surface area contributed by atoms with Gasteiger partial charge in [-0.05, 0) is 44.5 Å². The van der Waals surface area contributed by atoms with E-state index in [-0.39, 0.29) is 24.4 Å². The SMILES string of the molecule is CCCNCc1cc(F)cc(OCC(=O)N(C)C(C)C)c1. The Balaban J connectivity index is 2.60. The molecule has 21 heavy (non-hydrogen) atoms. The van der Waals surface area contributed by atoms with Gasteiger partial charge in [-0.25, -0.2) is 4.39 Å². The van der Waals surface area contributed by atoms with Crippen LogP contribution in [0, 0.1) is 5.82 Å². The number of nitrogens with zero attached hydrogens (tertiary/aromatic N) is 1. The quantitative estimate of drug-likeness (QED) is 0.750. The Kier molecular flexibility index (Phi) is 7.15. The zero-order chi connectivity index (χ0) is 15.8. The van der Waals surface area contributed by atoms with Crippen molar-refractivity contribution in [3.05, 3.63) is 29.6 Å². The number of hydrogen-bond donors (Lipinski definition) is 1. The summed E-state index contributed by atoms with van der Waals surface area (Å²) in [6.07, 6.45) is 1.02. The molecular weight excluding hydrogens is 271 g/mol. The van der Waals surface area contributed by atoms with Crippen molar-refractivity contribution in [2.24, 2.45) is 0 Å². The van der Waals surface area contributed by atoms with E-state index in [1.165, 1.54) is 12.1 Å². The molecule has 0 unspecified atom stereocenters. The van der Waals surface area contributed by atoms with Crippen molar-refractivity contribution < 1.29 is 13.9 Å². The molecule has 0 saturated heterocycles. The van der Waals surface area contributed by atoms with Crippen LogP contribution in [0.1, 0.15) is 32.8 Å². The number of likely N-dealkylation sites (N-methyl/N-ethyl adjacent to an activating group) is 1. The average molecular weight is 296 g/mol. The normalized spacial score (nSPS) is 10.8. The Morgan fingerprint density at radius 3 is 2.71 bits per heavy atom. The number of nitrogens with one attached hydrogen (secondary N) is 1. The third kappa shape index (κ3) is 6.12. The second-order valence-electron chi connectivity index (χ2n) is 5.36. The number of carbonyl (C=O) groups excluding carboxylic acids is 1. The molecule has 5 heteroatoms. The third-order valence-corrected chi connectivity index (χ3v) is 3.22. The van der Waals surface area contributed by atoms with Crippen LogP contribution in [0.15, 0.2) is 18.2 Å². The fourth-order valence-electron chi connectivity index (χ4n) is 1.75. The fourth-order valence-corrected chi connectivity index (χ4v) is 1.75. The van der Waals surface area contributed by atoms with Gasteiger partial charge in [-0.1, -0.05) is 6.92 Å². The molecule has 4 nitrogen and oxygen atoms in total. The summed E-state index contributed by atoms with van der Waals surface area (Å²) in [5.74, 6) is -0.0980. The van der Waals surface area contributed by atoms with E-state index in [2.05, 4.69) is 12.2 Å². The molecule has 0 aliphatic heterocycles. The minimum atomic E-state index is -0.356. The van der Waals surface area contributed by atoms with Crippen molar-refractivity contribution >= 4 is 5.91 Å². The highest BCUT2D eigenvalue weighted by Crippen LogP contribution is 2.16. The lowest BCUT2D eigenvalue weighted by Gasteiger charge is -2.21. The van der Waals surface area contributed by atoms with Gasteiger partial charge in [0.2, 0.25) is 0 Å². The van der Waals surface area contributed by atoms with Crippen molar-refractivity contribution in [1.29, 1.82) is 0 Å². The highest BCUT2D eigenvalue weighted by molar-refractivity contribution is 5.77. The number of benzene rings is 1. The van der Waals surface area contributed by atoms with Crippen LogP contribution in [0.5, 0.6) is 5.75 Å². The van der Waals surface area contributed by atoms with Gasteiger partial charge < -0.3 is 15.0 Å². The number of ether oxygens (including phenoxy) is 1. The van der Waals surface area contributed by atoms with Gasteiger partial charge in [-0.3, -0.25) is 4.79 Å². The van der Waals surface area contributed by atoms with E-state index in [4.69, 9.17) is 4.74 Å². The largest absolute Gasteiger partial charge is 0.484 e. The van der Waals surface area contributed by atoms with Crippen LogP contribution in [-0.4, -0.2) is 37.0 Å². The second-order valence-corrected chi connectivity index (χ2v) is 5.36. The fraction of sp³-hybridized carbons (Fsp3) is 0.562. The molecular formula is C16H25FN2O2. The minimum Gasteiger partial charge on any atom is -0.484 e. The van der Waals surface area contributed by atoms with Gasteiger partial charge in [-0.2, -0.15) is 0 Å². The third-order valence-electron chi connectivity index (χ3n) is 3.22. The maximum atomic E-state index is 13.5. The van der Waals surface area contributed by atoms with Crippen LogP contribution in [-0.2, 0) is 11.3 Å². The lowest BCUT2D eigenvalue weighted by molar-refractivity contribution is -0.133. The lowest BCUT2D eigenvalue weighted by atomic mass is 10.2. The van der Waals surface area contributed by atoms with Crippen LogP contribution in [0.4, 0.5) is 4.39 Å². The zero-order valence-electron chi connectivity index (χ0n) is 13.3. The molecule has 0 fully saturated rings. The smallest absolute Gasteiger partial charge is 0.260 e. The predicted molar refractivity (Wildman–Crippen MR) is 81.8 cm³/mol. The molecule has 0 spiro atoms. The first-order valence-electron chi connectivity index (χ1n) is 7.32. The van der Waals surface area contributed by atoms with Crippen molar-refractivity contribution in [1.82, 2.24) is 10.2 Å². The van der Waals surface area contributed by atoms with Gasteiger partial charge in [-0.15, -0.1) is 0 Å². The topological polar surface area (TPSA) is 41.6 Å². The Bertz CT molecular complexity index is 464. The first kappa shape index (κ1) is 17.4. The maximum Gasteiger partial charge on any atom is 0.260 e. The molecule has 0 aromatic heterocycles. The van der Waals surface area contributed by atoms with E-state index >= 15 is 0 Å². The van der Waals surface area contributed by atoms with Crippen LogP contribution in [0.25, 0.3) is 0 Å². The van der Waals surface area contributed by atoms with Gasteiger partial charge in [0, 0.05) is 25.7 Å². The second kappa shape index (κ2) is 8.62. The molecule has 0 bridgehead atoms. The molecule has 0 radical (unpaired) electrons. The monoisotopic (exact) mass is 296 g/mol. The molecule has 0 aliphatic carbocycles. The van der Waals surface area contributed by atoms with Crippen LogP contribution < -0.4 is 10.1 Å². The summed E-state index contributed by atoms with van der Waals surface area (Å²) in [6.45, 7) is 7.31. The van der Waals surface area contributed by atoms with E-state index in [0.29, 0.717) is 12.3 Å². The standard InChI is InChI=1S/C16H25FN2O2/c1-5-6-18-10-13-7-14(17)9-15(8-13)21-11-16(20)19(4)12(2)3/h7-9,12,18H,5-6,10-11H2,1-4H3. The number of hydrogen-bond acceptors (Lipinski definition) is 3. The summed E-state index contributed by atoms with van der Waals surface area (Å²) in [4.78, 5) is 13.4. The summed E-state index contributed by atoms with van der Waals surface area (Å²) in [5, 5.41) is 3.21. The first-order valence-corrected chi connectivity index (χ1v) is 7.32. The van der Waals surface area contributed by atoms with Crippen LogP contribution >= 0.6 is 0 Å². The van der Waals surface area contributed by atoms with Crippen molar-refractivity contribution in [3.8, 4) is 5.75 Å². The summed E-state index contributed by atoms with van der Waals surface area (Å²) >= 11 is 0. The number of rotatable bonds is 8. The summed E-state index contributed by atoms with van der Waals surface area (Å²) in [5.41, 5.74) is 0.808. The molecule has 1 amide bonds. The average Bonchev–Trinajstić information content (AvgIpc) is 2.43. The summed E-state index contributed by atoms with van der Waals surface area (Å²) in [7, 11) is 1.72. The van der Waals surface area contributed by atoms with Gasteiger partial charge in [0.15, 0.2) is 6.61 Å². The molecule has 0 aliphatic rings. The van der Waals surface area contributed by atoms with Crippen molar-refractivity contribution in [2.75, 3.05) is 20.2 Å². The predicted octanol–water partition coefficient (Wildman–Crippen LogP) is 2.57. The zero-order valence-corrected chi connectivity index (χ0v) is 13.3. The molecule has 1 rings (SSSR count).